The number of hydrogen-bond donors (Lipinski definition) is 1. The number of benzene rings is 2. The molecule has 0 bridgehead atoms. The molecule has 1 aromatic heterocycles. The Labute approximate surface area is 181 Å². The maximum atomic E-state index is 14.6. The first kappa shape index (κ1) is 21.5. The van der Waals surface area contributed by atoms with Crippen molar-refractivity contribution >= 4 is 32.7 Å². The minimum absolute atomic E-state index is 0.246. The van der Waals surface area contributed by atoms with E-state index < -0.39 is 20.7 Å². The highest BCUT2D eigenvalue weighted by molar-refractivity contribution is 7.89. The minimum Gasteiger partial charge on any atom is -0.362 e. The second-order valence-electron chi connectivity index (χ2n) is 8.17. The van der Waals surface area contributed by atoms with Crippen LogP contribution < -0.4 is 14.9 Å². The normalized spacial score (nSPS) is 15.4. The fourth-order valence-electron chi connectivity index (χ4n) is 4.11. The molecule has 1 aliphatic rings. The average molecular weight is 444 g/mol. The highest BCUT2D eigenvalue weighted by Gasteiger charge is 2.25. The summed E-state index contributed by atoms with van der Waals surface area (Å²) in [4.78, 5) is 13.2. The van der Waals surface area contributed by atoms with Gasteiger partial charge in [-0.1, -0.05) is 24.3 Å². The molecule has 0 atom stereocenters. The Morgan fingerprint density at radius 1 is 1.10 bits per heavy atom. The molecule has 2 N–H and O–H groups in total. The Kier molecular flexibility index (Phi) is 5.81. The molecule has 3 aromatic rings. The van der Waals surface area contributed by atoms with Crippen molar-refractivity contribution in [3.8, 4) is 0 Å². The summed E-state index contributed by atoms with van der Waals surface area (Å²) in [5.41, 5.74) is 1.29. The molecule has 0 saturated carbocycles. The zero-order valence-corrected chi connectivity index (χ0v) is 18.4. The van der Waals surface area contributed by atoms with Gasteiger partial charge in [-0.3, -0.25) is 0 Å². The van der Waals surface area contributed by atoms with Gasteiger partial charge in [-0.05, 0) is 48.9 Å². The van der Waals surface area contributed by atoms with Crippen LogP contribution in [0.15, 0.2) is 47.4 Å². The molecule has 0 unspecified atom stereocenters. The summed E-state index contributed by atoms with van der Waals surface area (Å²) in [5, 5.41) is 6.13. The molecule has 0 radical (unpaired) electrons. The summed E-state index contributed by atoms with van der Waals surface area (Å²) in [5.74, 6) is 1.09. The Balaban J connectivity index is 1.50. The van der Waals surface area contributed by atoms with Crippen molar-refractivity contribution in [1.82, 2.24) is 9.97 Å². The molecule has 1 fully saturated rings. The van der Waals surface area contributed by atoms with Crippen LogP contribution in [-0.2, 0) is 16.4 Å². The zero-order valence-electron chi connectivity index (χ0n) is 17.6. The third kappa shape index (κ3) is 4.47. The van der Waals surface area contributed by atoms with E-state index in [2.05, 4.69) is 4.90 Å². The number of piperidine rings is 1. The van der Waals surface area contributed by atoms with E-state index in [0.717, 1.165) is 42.7 Å². The van der Waals surface area contributed by atoms with Gasteiger partial charge in [-0.2, -0.15) is 4.98 Å². The summed E-state index contributed by atoms with van der Waals surface area (Å²) in [6.07, 6.45) is 2.16. The maximum absolute atomic E-state index is 14.6. The van der Waals surface area contributed by atoms with Crippen LogP contribution in [0.25, 0.3) is 10.9 Å². The second kappa shape index (κ2) is 8.39. The third-order valence-corrected chi connectivity index (χ3v) is 6.68. The molecule has 0 spiro atoms. The van der Waals surface area contributed by atoms with Crippen LogP contribution >= 0.6 is 0 Å². The first-order valence-electron chi connectivity index (χ1n) is 10.2. The van der Waals surface area contributed by atoms with Crippen molar-refractivity contribution in [2.45, 2.75) is 24.2 Å². The Morgan fingerprint density at radius 2 is 1.81 bits per heavy atom. The van der Waals surface area contributed by atoms with Crippen LogP contribution in [0.5, 0.6) is 0 Å². The van der Waals surface area contributed by atoms with Gasteiger partial charge < -0.3 is 9.80 Å². The number of halogens is 1. The molecule has 1 aliphatic heterocycles. The fourth-order valence-corrected chi connectivity index (χ4v) is 4.76. The van der Waals surface area contributed by atoms with E-state index >= 15 is 0 Å². The van der Waals surface area contributed by atoms with Gasteiger partial charge in [0.15, 0.2) is 0 Å². The lowest BCUT2D eigenvalue weighted by atomic mass is 9.90. The number of anilines is 2. The fraction of sp³-hybridized carbons (Fsp3) is 0.364. The summed E-state index contributed by atoms with van der Waals surface area (Å²) in [6.45, 7) is 1.51. The first-order chi connectivity index (χ1) is 14.7. The number of rotatable bonds is 5. The van der Waals surface area contributed by atoms with E-state index in [-0.39, 0.29) is 5.92 Å². The monoisotopic (exact) mass is 443 g/mol. The number of para-hydroxylation sites is 1. The minimum atomic E-state index is -4.07. The number of aromatic nitrogens is 2. The molecule has 2 heterocycles. The Bertz CT molecular complexity index is 1210. The van der Waals surface area contributed by atoms with E-state index in [4.69, 9.17) is 15.1 Å². The van der Waals surface area contributed by atoms with Crippen molar-refractivity contribution in [3.63, 3.8) is 0 Å². The van der Waals surface area contributed by atoms with Crippen molar-refractivity contribution in [2.24, 2.45) is 11.1 Å². The van der Waals surface area contributed by atoms with Crippen LogP contribution in [0, 0.1) is 11.7 Å². The summed E-state index contributed by atoms with van der Waals surface area (Å²) in [7, 11) is -0.140. The summed E-state index contributed by atoms with van der Waals surface area (Å²) in [6, 6.07) is 12.3. The molecule has 1 saturated heterocycles. The molecule has 4 rings (SSSR count). The Hall–Kier alpha value is -2.78. The van der Waals surface area contributed by atoms with Crippen LogP contribution in [0.1, 0.15) is 18.4 Å². The summed E-state index contributed by atoms with van der Waals surface area (Å²) >= 11 is 0. The van der Waals surface area contributed by atoms with Crippen molar-refractivity contribution in [3.05, 3.63) is 53.8 Å². The molecule has 0 aliphatic carbocycles. The predicted octanol–water partition coefficient (Wildman–Crippen LogP) is 2.94. The smallest absolute Gasteiger partial charge is 0.240 e. The van der Waals surface area contributed by atoms with E-state index in [0.29, 0.717) is 17.9 Å². The number of sulfonamides is 1. The second-order valence-corrected chi connectivity index (χ2v) is 9.70. The molecule has 31 heavy (non-hydrogen) atoms. The number of primary sulfonamides is 1. The first-order valence-corrected chi connectivity index (χ1v) is 11.8. The zero-order chi connectivity index (χ0) is 22.2. The van der Waals surface area contributed by atoms with Crippen LogP contribution in [0.2, 0.25) is 0 Å². The van der Waals surface area contributed by atoms with Crippen LogP contribution in [0.4, 0.5) is 16.2 Å². The SMILES string of the molecule is CN(C)c1nc(N2CCC(Cc3cccc(S(N)(=O)=O)c3F)CC2)nc2ccccc12. The highest BCUT2D eigenvalue weighted by Crippen LogP contribution is 2.29. The lowest BCUT2D eigenvalue weighted by Crippen LogP contribution is -2.36. The van der Waals surface area contributed by atoms with Crippen molar-refractivity contribution in [1.29, 1.82) is 0 Å². The largest absolute Gasteiger partial charge is 0.362 e. The molecular weight excluding hydrogens is 417 g/mol. The number of fused-ring (bicyclic) bond motifs is 1. The maximum Gasteiger partial charge on any atom is 0.240 e. The highest BCUT2D eigenvalue weighted by atomic mass is 32.2. The van der Waals surface area contributed by atoms with Gasteiger partial charge in [0, 0.05) is 32.6 Å². The molecule has 7 nitrogen and oxygen atoms in total. The van der Waals surface area contributed by atoms with Crippen molar-refractivity contribution < 1.29 is 12.8 Å². The topological polar surface area (TPSA) is 92.4 Å². The van der Waals surface area contributed by atoms with Gasteiger partial charge >= 0.3 is 0 Å². The average Bonchev–Trinajstić information content (AvgIpc) is 2.74. The van der Waals surface area contributed by atoms with Gasteiger partial charge in [0.25, 0.3) is 0 Å². The van der Waals surface area contributed by atoms with Gasteiger partial charge in [-0.25, -0.2) is 22.9 Å². The van der Waals surface area contributed by atoms with Gasteiger partial charge in [0.2, 0.25) is 16.0 Å². The predicted molar refractivity (Wildman–Crippen MR) is 120 cm³/mol. The van der Waals surface area contributed by atoms with E-state index in [9.17, 15) is 12.8 Å². The number of nitrogens with two attached hydrogens (primary N) is 1. The van der Waals surface area contributed by atoms with E-state index in [1.165, 1.54) is 6.07 Å². The van der Waals surface area contributed by atoms with Crippen molar-refractivity contribution in [2.75, 3.05) is 37.0 Å². The standard InChI is InChI=1S/C22H26FN5O2S/c1-27(2)21-17-7-3-4-8-18(17)25-22(26-21)28-12-10-15(11-13-28)14-16-6-5-9-19(20(16)23)31(24,29)30/h3-9,15H,10-14H2,1-2H3,(H2,24,29,30). The van der Waals surface area contributed by atoms with Crippen LogP contribution in [0.3, 0.4) is 0 Å². The van der Waals surface area contributed by atoms with Gasteiger partial charge in [0.1, 0.15) is 16.5 Å². The van der Waals surface area contributed by atoms with E-state index in [1.807, 2.05) is 43.3 Å². The molecule has 164 valence electrons. The van der Waals surface area contributed by atoms with Gasteiger partial charge in [-0.15, -0.1) is 0 Å². The molecule has 0 amide bonds. The molecule has 2 aromatic carbocycles. The lowest BCUT2D eigenvalue weighted by Gasteiger charge is -2.32. The third-order valence-electron chi connectivity index (χ3n) is 5.75. The number of hydrogen-bond acceptors (Lipinski definition) is 6. The molecule has 9 heteroatoms. The Morgan fingerprint density at radius 3 is 2.48 bits per heavy atom. The number of nitrogens with zero attached hydrogens (tertiary/aromatic N) is 4. The summed E-state index contributed by atoms with van der Waals surface area (Å²) < 4.78 is 37.8. The lowest BCUT2D eigenvalue weighted by molar-refractivity contribution is 0.394. The van der Waals surface area contributed by atoms with Crippen LogP contribution in [-0.4, -0.2) is 45.6 Å². The van der Waals surface area contributed by atoms with Gasteiger partial charge in [0.05, 0.1) is 5.52 Å². The quantitative estimate of drug-likeness (QED) is 0.652. The molecular formula is C22H26FN5O2S. The van der Waals surface area contributed by atoms with E-state index in [1.54, 1.807) is 12.1 Å².